The Balaban J connectivity index is 1.90. The molecule has 1 aliphatic rings. The first-order chi connectivity index (χ1) is 10.3. The van der Waals surface area contributed by atoms with Crippen LogP contribution in [0.3, 0.4) is 0 Å². The summed E-state index contributed by atoms with van der Waals surface area (Å²) in [6.07, 6.45) is 1.85. The van der Waals surface area contributed by atoms with Crippen molar-refractivity contribution in [2.45, 2.75) is 38.8 Å². The van der Waals surface area contributed by atoms with Crippen LogP contribution in [0.1, 0.15) is 37.6 Å². The van der Waals surface area contributed by atoms with E-state index in [0.717, 1.165) is 0 Å². The standard InChI is InChI=1S/C15H20ClN3O3/c1-15(2,3)22-14(21)19-8-6-10(9-19)18-13(20)11-5-4-7-17-12(11)16/h4-5,7,10H,6,8-9H2,1-3H3,(H,18,20)/t10-/m0/s1. The van der Waals surface area contributed by atoms with Gasteiger partial charge in [0.15, 0.2) is 0 Å². The van der Waals surface area contributed by atoms with Gasteiger partial charge in [0.2, 0.25) is 0 Å². The molecular formula is C15H20ClN3O3. The lowest BCUT2D eigenvalue weighted by Crippen LogP contribution is -2.40. The summed E-state index contributed by atoms with van der Waals surface area (Å²) >= 11 is 5.90. The third-order valence-electron chi connectivity index (χ3n) is 3.18. The van der Waals surface area contributed by atoms with Crippen molar-refractivity contribution in [2.75, 3.05) is 13.1 Å². The maximum atomic E-state index is 12.2. The summed E-state index contributed by atoms with van der Waals surface area (Å²) in [4.78, 5) is 29.6. The molecule has 6 nitrogen and oxygen atoms in total. The van der Waals surface area contributed by atoms with E-state index in [-0.39, 0.29) is 23.2 Å². The number of halogens is 1. The van der Waals surface area contributed by atoms with Crippen LogP contribution in [0, 0.1) is 0 Å². The molecule has 1 N–H and O–H groups in total. The highest BCUT2D eigenvalue weighted by molar-refractivity contribution is 6.32. The fraction of sp³-hybridized carbons (Fsp3) is 0.533. The molecule has 1 aromatic heterocycles. The van der Waals surface area contributed by atoms with Gasteiger partial charge in [0.25, 0.3) is 5.91 Å². The Hall–Kier alpha value is -1.82. The summed E-state index contributed by atoms with van der Waals surface area (Å²) in [6.45, 7) is 6.46. The van der Waals surface area contributed by atoms with Gasteiger partial charge in [-0.2, -0.15) is 0 Å². The fourth-order valence-corrected chi connectivity index (χ4v) is 2.39. The van der Waals surface area contributed by atoms with Crippen molar-refractivity contribution in [1.82, 2.24) is 15.2 Å². The topological polar surface area (TPSA) is 71.5 Å². The molecule has 1 aliphatic heterocycles. The lowest BCUT2D eigenvalue weighted by Gasteiger charge is -2.24. The van der Waals surface area contributed by atoms with Crippen LogP contribution in [0.25, 0.3) is 0 Å². The van der Waals surface area contributed by atoms with Crippen LogP contribution in [0.15, 0.2) is 18.3 Å². The van der Waals surface area contributed by atoms with Gasteiger partial charge in [0, 0.05) is 25.3 Å². The highest BCUT2D eigenvalue weighted by atomic mass is 35.5. The minimum atomic E-state index is -0.526. The third-order valence-corrected chi connectivity index (χ3v) is 3.48. The lowest BCUT2D eigenvalue weighted by atomic mass is 10.2. The van der Waals surface area contributed by atoms with E-state index < -0.39 is 5.60 Å². The van der Waals surface area contributed by atoms with Crippen LogP contribution < -0.4 is 5.32 Å². The van der Waals surface area contributed by atoms with Gasteiger partial charge in [-0.05, 0) is 39.3 Å². The van der Waals surface area contributed by atoms with Gasteiger partial charge in [-0.15, -0.1) is 0 Å². The number of nitrogens with zero attached hydrogens (tertiary/aromatic N) is 2. The van der Waals surface area contributed by atoms with Gasteiger partial charge >= 0.3 is 6.09 Å². The zero-order valence-electron chi connectivity index (χ0n) is 12.9. The molecule has 1 aromatic rings. The molecule has 120 valence electrons. The number of pyridine rings is 1. The Bertz CT molecular complexity index is 571. The maximum absolute atomic E-state index is 12.2. The van der Waals surface area contributed by atoms with Gasteiger partial charge in [-0.25, -0.2) is 9.78 Å². The number of hydrogen-bond acceptors (Lipinski definition) is 4. The molecule has 2 heterocycles. The van der Waals surface area contributed by atoms with E-state index >= 15 is 0 Å². The molecule has 0 spiro atoms. The van der Waals surface area contributed by atoms with E-state index in [1.807, 2.05) is 20.8 Å². The Morgan fingerprint density at radius 2 is 2.18 bits per heavy atom. The summed E-state index contributed by atoms with van der Waals surface area (Å²) < 4.78 is 5.32. The molecule has 0 unspecified atom stereocenters. The molecule has 0 radical (unpaired) electrons. The Morgan fingerprint density at radius 1 is 1.45 bits per heavy atom. The van der Waals surface area contributed by atoms with Crippen LogP contribution in [0.4, 0.5) is 4.79 Å². The van der Waals surface area contributed by atoms with Crippen molar-refractivity contribution >= 4 is 23.6 Å². The largest absolute Gasteiger partial charge is 0.444 e. The summed E-state index contributed by atoms with van der Waals surface area (Å²) in [5.74, 6) is -0.283. The third kappa shape index (κ3) is 4.34. The Morgan fingerprint density at radius 3 is 2.82 bits per heavy atom. The number of likely N-dealkylation sites (tertiary alicyclic amines) is 1. The van der Waals surface area contributed by atoms with Crippen molar-refractivity contribution in [3.05, 3.63) is 29.0 Å². The average Bonchev–Trinajstić information content (AvgIpc) is 2.85. The van der Waals surface area contributed by atoms with Crippen LogP contribution in [0.5, 0.6) is 0 Å². The van der Waals surface area contributed by atoms with Gasteiger partial charge in [0.05, 0.1) is 5.56 Å². The monoisotopic (exact) mass is 325 g/mol. The second kappa shape index (κ2) is 6.52. The van der Waals surface area contributed by atoms with Gasteiger partial charge in [-0.1, -0.05) is 11.6 Å². The number of carbonyl (C=O) groups is 2. The van der Waals surface area contributed by atoms with Gasteiger partial charge in [-0.3, -0.25) is 4.79 Å². The second-order valence-corrected chi connectivity index (χ2v) is 6.59. The number of ether oxygens (including phenoxy) is 1. The normalized spacial score (nSPS) is 18.2. The molecule has 2 amide bonds. The Kier molecular flexibility index (Phi) is 4.90. The molecule has 7 heteroatoms. The van der Waals surface area contributed by atoms with E-state index in [1.165, 1.54) is 6.20 Å². The summed E-state index contributed by atoms with van der Waals surface area (Å²) in [6, 6.07) is 3.16. The molecule has 1 fully saturated rings. The van der Waals surface area contributed by atoms with Gasteiger partial charge < -0.3 is 15.0 Å². The average molecular weight is 326 g/mol. The first kappa shape index (κ1) is 16.5. The summed E-state index contributed by atoms with van der Waals surface area (Å²) in [7, 11) is 0. The first-order valence-electron chi connectivity index (χ1n) is 7.15. The zero-order valence-corrected chi connectivity index (χ0v) is 13.7. The van der Waals surface area contributed by atoms with Crippen LogP contribution in [-0.4, -0.2) is 46.6 Å². The Labute approximate surface area is 134 Å². The molecule has 22 heavy (non-hydrogen) atoms. The van der Waals surface area contributed by atoms with E-state index in [2.05, 4.69) is 10.3 Å². The summed E-state index contributed by atoms with van der Waals surface area (Å²) in [5.41, 5.74) is -0.193. The van der Waals surface area contributed by atoms with Crippen molar-refractivity contribution in [1.29, 1.82) is 0 Å². The van der Waals surface area contributed by atoms with E-state index in [9.17, 15) is 9.59 Å². The predicted octanol–water partition coefficient (Wildman–Crippen LogP) is 2.47. The highest BCUT2D eigenvalue weighted by Gasteiger charge is 2.30. The van der Waals surface area contributed by atoms with Crippen molar-refractivity contribution in [3.8, 4) is 0 Å². The number of nitrogens with one attached hydrogen (secondary N) is 1. The van der Waals surface area contributed by atoms with Crippen LogP contribution in [-0.2, 0) is 4.74 Å². The second-order valence-electron chi connectivity index (χ2n) is 6.23. The molecule has 0 bridgehead atoms. The molecule has 0 aliphatic carbocycles. The van der Waals surface area contributed by atoms with Gasteiger partial charge in [0.1, 0.15) is 10.8 Å². The minimum Gasteiger partial charge on any atom is -0.444 e. The molecule has 2 rings (SSSR count). The number of rotatable bonds is 2. The van der Waals surface area contributed by atoms with Crippen molar-refractivity contribution < 1.29 is 14.3 Å². The molecule has 1 saturated heterocycles. The molecule has 1 atom stereocenters. The number of carbonyl (C=O) groups excluding carboxylic acids is 2. The minimum absolute atomic E-state index is 0.115. The van der Waals surface area contributed by atoms with E-state index in [1.54, 1.807) is 17.0 Å². The SMILES string of the molecule is CC(C)(C)OC(=O)N1CC[C@H](NC(=O)c2cccnc2Cl)C1. The highest BCUT2D eigenvalue weighted by Crippen LogP contribution is 2.17. The van der Waals surface area contributed by atoms with Crippen molar-refractivity contribution in [3.63, 3.8) is 0 Å². The van der Waals surface area contributed by atoms with Crippen LogP contribution >= 0.6 is 11.6 Å². The molecular weight excluding hydrogens is 306 g/mol. The number of hydrogen-bond donors (Lipinski definition) is 1. The maximum Gasteiger partial charge on any atom is 0.410 e. The van der Waals surface area contributed by atoms with Crippen molar-refractivity contribution in [2.24, 2.45) is 0 Å². The molecule has 0 aromatic carbocycles. The van der Waals surface area contributed by atoms with Crippen LogP contribution in [0.2, 0.25) is 5.15 Å². The predicted molar refractivity (Wildman–Crippen MR) is 82.9 cm³/mol. The zero-order chi connectivity index (χ0) is 16.3. The summed E-state index contributed by atoms with van der Waals surface area (Å²) in [5, 5.41) is 3.04. The lowest BCUT2D eigenvalue weighted by molar-refractivity contribution is 0.0290. The quantitative estimate of drug-likeness (QED) is 0.848. The first-order valence-corrected chi connectivity index (χ1v) is 7.53. The number of amides is 2. The smallest absolute Gasteiger partial charge is 0.410 e. The number of aromatic nitrogens is 1. The molecule has 0 saturated carbocycles. The fourth-order valence-electron chi connectivity index (χ4n) is 2.19. The van der Waals surface area contributed by atoms with E-state index in [0.29, 0.717) is 25.1 Å². The van der Waals surface area contributed by atoms with E-state index in [4.69, 9.17) is 16.3 Å².